The van der Waals surface area contributed by atoms with E-state index in [4.69, 9.17) is 0 Å². The number of halogens is 1. The van der Waals surface area contributed by atoms with Crippen LogP contribution < -0.4 is 4.90 Å². The standard InChI is InChI=1S/C26H30FN5OS/c1-19(25(33)31-17-7-9-20-8-3-4-10-23(20)31)34-26-29-28-24(18-30-15-5-2-6-16-30)32(26)22-13-11-21(27)12-14-22/h3-4,8,10-14,19H,2,5-7,9,15-18H2,1H3/t19-/m1/s1. The number of hydrogen-bond donors (Lipinski definition) is 0. The Labute approximate surface area is 204 Å². The van der Waals surface area contributed by atoms with Crippen LogP contribution in [0.5, 0.6) is 0 Å². The van der Waals surface area contributed by atoms with Crippen LogP contribution in [0.25, 0.3) is 5.69 Å². The van der Waals surface area contributed by atoms with Crippen LogP contribution >= 0.6 is 11.8 Å². The SMILES string of the molecule is C[C@@H](Sc1nnc(CN2CCCCC2)n1-c1ccc(F)cc1)C(=O)N1CCCc2ccccc21. The first-order valence-corrected chi connectivity index (χ1v) is 13.0. The molecule has 2 aromatic carbocycles. The number of aromatic nitrogens is 3. The molecule has 1 fully saturated rings. The zero-order valence-corrected chi connectivity index (χ0v) is 20.3. The number of thioether (sulfide) groups is 1. The van der Waals surface area contributed by atoms with Crippen LogP contribution in [0.3, 0.4) is 0 Å². The van der Waals surface area contributed by atoms with Gasteiger partial charge >= 0.3 is 0 Å². The molecule has 0 spiro atoms. The Morgan fingerprint density at radius 2 is 1.76 bits per heavy atom. The summed E-state index contributed by atoms with van der Waals surface area (Å²) in [6.07, 6.45) is 5.61. The van der Waals surface area contributed by atoms with E-state index >= 15 is 0 Å². The van der Waals surface area contributed by atoms with E-state index in [0.717, 1.165) is 49.7 Å². The second-order valence-corrected chi connectivity index (χ2v) is 10.3. The van der Waals surface area contributed by atoms with E-state index < -0.39 is 0 Å². The molecule has 2 aliphatic rings. The first-order chi connectivity index (χ1) is 16.6. The summed E-state index contributed by atoms with van der Waals surface area (Å²) >= 11 is 1.41. The molecular formula is C26H30FN5OS. The molecule has 1 aromatic heterocycles. The number of likely N-dealkylation sites (tertiary alicyclic amines) is 1. The molecule has 34 heavy (non-hydrogen) atoms. The zero-order chi connectivity index (χ0) is 23.5. The smallest absolute Gasteiger partial charge is 0.240 e. The minimum atomic E-state index is -0.336. The highest BCUT2D eigenvalue weighted by Crippen LogP contribution is 2.32. The molecule has 0 saturated carbocycles. The summed E-state index contributed by atoms with van der Waals surface area (Å²) in [4.78, 5) is 17.8. The third-order valence-corrected chi connectivity index (χ3v) is 7.64. The number of nitrogens with zero attached hydrogens (tertiary/aromatic N) is 5. The van der Waals surface area contributed by atoms with Crippen LogP contribution in [0, 0.1) is 5.82 Å². The van der Waals surface area contributed by atoms with E-state index in [0.29, 0.717) is 11.7 Å². The van der Waals surface area contributed by atoms with Crippen LogP contribution in [-0.2, 0) is 17.8 Å². The highest BCUT2D eigenvalue weighted by atomic mass is 32.2. The van der Waals surface area contributed by atoms with Crippen molar-refractivity contribution in [3.8, 4) is 5.69 Å². The molecule has 1 atom stereocenters. The van der Waals surface area contributed by atoms with E-state index in [2.05, 4.69) is 21.2 Å². The van der Waals surface area contributed by atoms with Gasteiger partial charge in [0, 0.05) is 17.9 Å². The number of rotatable bonds is 6. The van der Waals surface area contributed by atoms with E-state index in [1.54, 1.807) is 12.1 Å². The zero-order valence-electron chi connectivity index (χ0n) is 19.5. The minimum absolute atomic E-state index is 0.0726. The molecule has 3 aromatic rings. The van der Waals surface area contributed by atoms with Crippen LogP contribution in [0.2, 0.25) is 0 Å². The van der Waals surface area contributed by atoms with E-state index in [-0.39, 0.29) is 17.0 Å². The summed E-state index contributed by atoms with van der Waals surface area (Å²) < 4.78 is 15.6. The van der Waals surface area contributed by atoms with Crippen molar-refractivity contribution < 1.29 is 9.18 Å². The molecule has 3 heterocycles. The van der Waals surface area contributed by atoms with Gasteiger partial charge in [0.15, 0.2) is 11.0 Å². The Kier molecular flexibility index (Phi) is 6.97. The van der Waals surface area contributed by atoms with Crippen molar-refractivity contribution in [3.63, 3.8) is 0 Å². The number of amides is 1. The average molecular weight is 480 g/mol. The van der Waals surface area contributed by atoms with Gasteiger partial charge in [-0.15, -0.1) is 10.2 Å². The lowest BCUT2D eigenvalue weighted by Crippen LogP contribution is -2.40. The van der Waals surface area contributed by atoms with Gasteiger partial charge in [-0.2, -0.15) is 0 Å². The predicted octanol–water partition coefficient (Wildman–Crippen LogP) is 4.85. The molecule has 0 aliphatic carbocycles. The third-order valence-electron chi connectivity index (χ3n) is 6.61. The summed E-state index contributed by atoms with van der Waals surface area (Å²) in [5.74, 6) is 0.610. The monoisotopic (exact) mass is 479 g/mol. The van der Waals surface area contributed by atoms with Gasteiger partial charge in [0.05, 0.1) is 11.8 Å². The van der Waals surface area contributed by atoms with Gasteiger partial charge in [-0.3, -0.25) is 14.3 Å². The Bertz CT molecular complexity index is 1140. The molecule has 0 radical (unpaired) electrons. The van der Waals surface area contributed by atoms with Gasteiger partial charge in [0.1, 0.15) is 5.82 Å². The lowest BCUT2D eigenvalue weighted by molar-refractivity contribution is -0.117. The first-order valence-electron chi connectivity index (χ1n) is 12.1. The van der Waals surface area contributed by atoms with Gasteiger partial charge < -0.3 is 4.90 Å². The Hall–Kier alpha value is -2.71. The number of fused-ring (bicyclic) bond motifs is 1. The molecule has 1 amide bonds. The molecule has 178 valence electrons. The second-order valence-electron chi connectivity index (χ2n) is 9.03. The summed E-state index contributed by atoms with van der Waals surface area (Å²) in [6, 6.07) is 14.5. The molecule has 0 bridgehead atoms. The number of carbonyl (C=O) groups is 1. The maximum Gasteiger partial charge on any atom is 0.240 e. The van der Waals surface area contributed by atoms with Gasteiger partial charge in [-0.1, -0.05) is 36.4 Å². The van der Waals surface area contributed by atoms with Crippen molar-refractivity contribution in [2.24, 2.45) is 0 Å². The normalized spacial score (nSPS) is 17.4. The van der Waals surface area contributed by atoms with Gasteiger partial charge in [0.2, 0.25) is 5.91 Å². The first kappa shape index (κ1) is 23.1. The second kappa shape index (κ2) is 10.3. The Balaban J connectivity index is 1.40. The number of benzene rings is 2. The summed E-state index contributed by atoms with van der Waals surface area (Å²) in [5.41, 5.74) is 3.04. The molecular weight excluding hydrogens is 449 g/mol. The fourth-order valence-corrected chi connectivity index (χ4v) is 5.79. The van der Waals surface area contributed by atoms with Crippen LogP contribution in [0.15, 0.2) is 53.7 Å². The fraction of sp³-hybridized carbons (Fsp3) is 0.423. The van der Waals surface area contributed by atoms with Crippen LogP contribution in [0.4, 0.5) is 10.1 Å². The maximum atomic E-state index is 13.6. The fourth-order valence-electron chi connectivity index (χ4n) is 4.84. The topological polar surface area (TPSA) is 54.3 Å². The van der Waals surface area contributed by atoms with Crippen LogP contribution in [0.1, 0.15) is 44.0 Å². The average Bonchev–Trinajstić information content (AvgIpc) is 3.26. The summed E-state index contributed by atoms with van der Waals surface area (Å²) in [7, 11) is 0. The number of para-hydroxylation sites is 1. The maximum absolute atomic E-state index is 13.6. The number of anilines is 1. The molecule has 8 heteroatoms. The van der Waals surface area contributed by atoms with Crippen molar-refractivity contribution in [1.29, 1.82) is 0 Å². The molecule has 1 saturated heterocycles. The largest absolute Gasteiger partial charge is 0.311 e. The highest BCUT2D eigenvalue weighted by Gasteiger charge is 2.29. The van der Waals surface area contributed by atoms with Crippen molar-refractivity contribution in [2.45, 2.75) is 56.0 Å². The number of hydrogen-bond acceptors (Lipinski definition) is 5. The molecule has 5 rings (SSSR count). The van der Waals surface area contributed by atoms with Gasteiger partial charge in [-0.05, 0) is 81.6 Å². The Morgan fingerprint density at radius 1 is 1.00 bits per heavy atom. The molecule has 6 nitrogen and oxygen atoms in total. The summed E-state index contributed by atoms with van der Waals surface area (Å²) in [5, 5.41) is 9.30. The quantitative estimate of drug-likeness (QED) is 0.473. The van der Waals surface area contributed by atoms with E-state index in [1.165, 1.54) is 48.7 Å². The lowest BCUT2D eigenvalue weighted by Gasteiger charge is -2.31. The minimum Gasteiger partial charge on any atom is -0.311 e. The van der Waals surface area contributed by atoms with Gasteiger partial charge in [0.25, 0.3) is 0 Å². The number of carbonyl (C=O) groups excluding carboxylic acids is 1. The highest BCUT2D eigenvalue weighted by molar-refractivity contribution is 8.00. The van der Waals surface area contributed by atoms with Crippen molar-refractivity contribution in [3.05, 3.63) is 65.7 Å². The Morgan fingerprint density at radius 3 is 2.56 bits per heavy atom. The number of piperidine rings is 1. The van der Waals surface area contributed by atoms with Gasteiger partial charge in [-0.25, -0.2) is 4.39 Å². The third kappa shape index (κ3) is 4.88. The number of aryl methyl sites for hydroxylation is 1. The van der Waals surface area contributed by atoms with E-state index in [9.17, 15) is 9.18 Å². The molecule has 0 unspecified atom stereocenters. The van der Waals surface area contributed by atoms with Crippen LogP contribution in [-0.4, -0.2) is 50.5 Å². The molecule has 0 N–H and O–H groups in total. The molecule has 2 aliphatic heterocycles. The van der Waals surface area contributed by atoms with Crippen molar-refractivity contribution in [2.75, 3.05) is 24.5 Å². The summed E-state index contributed by atoms with van der Waals surface area (Å²) in [6.45, 7) is 5.43. The van der Waals surface area contributed by atoms with Crippen molar-refractivity contribution >= 4 is 23.4 Å². The van der Waals surface area contributed by atoms with E-state index in [1.807, 2.05) is 34.6 Å². The van der Waals surface area contributed by atoms with Crippen molar-refractivity contribution in [1.82, 2.24) is 19.7 Å². The lowest BCUT2D eigenvalue weighted by atomic mass is 10.0. The predicted molar refractivity (Wildman–Crippen MR) is 133 cm³/mol.